The number of aliphatic hydroxyl groups is 4. The molecule has 1 aliphatic carbocycles. The lowest BCUT2D eigenvalue weighted by molar-refractivity contribution is -0.140. The number of aliphatic hydroxyl groups excluding tert-OH is 4. The van der Waals surface area contributed by atoms with Gasteiger partial charge in [-0.1, -0.05) is 50.8 Å². The van der Waals surface area contributed by atoms with Crippen LogP contribution in [-0.4, -0.2) is 57.9 Å². The predicted octanol–water partition coefficient (Wildman–Crippen LogP) is 2.25. The van der Waals surface area contributed by atoms with Crippen molar-refractivity contribution in [3.63, 3.8) is 0 Å². The molecular formula is C21H36O6. The van der Waals surface area contributed by atoms with E-state index in [0.29, 0.717) is 24.8 Å². The Labute approximate surface area is 162 Å². The summed E-state index contributed by atoms with van der Waals surface area (Å²) in [4.78, 5) is 11.1. The molecule has 0 saturated heterocycles. The largest absolute Gasteiger partial charge is 0.469 e. The lowest BCUT2D eigenvalue weighted by Gasteiger charge is -2.14. The van der Waals surface area contributed by atoms with E-state index in [1.54, 1.807) is 12.2 Å². The lowest BCUT2D eigenvalue weighted by atomic mass is 9.96. The van der Waals surface area contributed by atoms with E-state index in [9.17, 15) is 25.2 Å². The first-order valence-corrected chi connectivity index (χ1v) is 10.1. The van der Waals surface area contributed by atoms with Gasteiger partial charge in [-0.3, -0.25) is 4.79 Å². The first kappa shape index (κ1) is 23.8. The number of hydrogen-bond donors (Lipinski definition) is 4. The van der Waals surface area contributed by atoms with Crippen molar-refractivity contribution in [1.82, 2.24) is 0 Å². The second-order valence-corrected chi connectivity index (χ2v) is 7.28. The van der Waals surface area contributed by atoms with Crippen molar-refractivity contribution in [3.8, 4) is 0 Å². The fourth-order valence-corrected chi connectivity index (χ4v) is 3.38. The van der Waals surface area contributed by atoms with E-state index >= 15 is 0 Å². The van der Waals surface area contributed by atoms with Gasteiger partial charge in [0.1, 0.15) is 12.2 Å². The molecule has 4 N–H and O–H groups in total. The smallest absolute Gasteiger partial charge is 0.305 e. The summed E-state index contributed by atoms with van der Waals surface area (Å²) in [5, 5.41) is 40.4. The Morgan fingerprint density at radius 1 is 1.11 bits per heavy atom. The van der Waals surface area contributed by atoms with Crippen LogP contribution in [0.5, 0.6) is 0 Å². The summed E-state index contributed by atoms with van der Waals surface area (Å²) in [5.74, 6) is -0.709. The minimum atomic E-state index is -1.22. The van der Waals surface area contributed by atoms with Gasteiger partial charge in [-0.05, 0) is 31.3 Å². The fraction of sp³-hybridized carbons (Fsp3) is 0.762. The first-order chi connectivity index (χ1) is 12.9. The van der Waals surface area contributed by atoms with E-state index in [1.807, 2.05) is 6.08 Å². The zero-order valence-electron chi connectivity index (χ0n) is 16.6. The standard InChI is InChI=1S/C21H36O6/c1-3-4-7-10-15(22)13-14-17-16(19(24)21(26)20(17)25)11-8-5-6-9-12-18(23)27-2/h11,13-15,17,19-22,24-26H,3-10,12H2,1-2H3/b14-13+,16-11+/t15-,17-,19-,20+,21-/m1/s1. The van der Waals surface area contributed by atoms with Gasteiger partial charge in [0.15, 0.2) is 0 Å². The number of methoxy groups -OCH3 is 1. The molecule has 1 fully saturated rings. The monoisotopic (exact) mass is 384 g/mol. The molecule has 0 unspecified atom stereocenters. The van der Waals surface area contributed by atoms with Crippen molar-refractivity contribution in [2.75, 3.05) is 7.11 Å². The maximum absolute atomic E-state index is 11.1. The summed E-state index contributed by atoms with van der Waals surface area (Å²) in [5.41, 5.74) is 0.597. The molecular weight excluding hydrogens is 348 g/mol. The summed E-state index contributed by atoms with van der Waals surface area (Å²) in [6, 6.07) is 0. The third-order valence-electron chi connectivity index (χ3n) is 5.10. The highest BCUT2D eigenvalue weighted by Gasteiger charge is 2.43. The molecule has 27 heavy (non-hydrogen) atoms. The molecule has 5 atom stereocenters. The molecule has 0 amide bonds. The number of carbonyl (C=O) groups excluding carboxylic acids is 1. The summed E-state index contributed by atoms with van der Waals surface area (Å²) in [6.07, 6.45) is 8.52. The van der Waals surface area contributed by atoms with Crippen LogP contribution in [0.15, 0.2) is 23.8 Å². The lowest BCUT2D eigenvalue weighted by Crippen LogP contribution is -2.30. The summed E-state index contributed by atoms with van der Waals surface area (Å²) in [7, 11) is 1.37. The number of hydrogen-bond acceptors (Lipinski definition) is 6. The molecule has 0 aromatic carbocycles. The minimum Gasteiger partial charge on any atom is -0.469 e. The number of ether oxygens (including phenoxy) is 1. The molecule has 1 rings (SSSR count). The second kappa shape index (κ2) is 13.0. The molecule has 156 valence electrons. The van der Waals surface area contributed by atoms with Crippen molar-refractivity contribution >= 4 is 5.97 Å². The van der Waals surface area contributed by atoms with Crippen LogP contribution in [-0.2, 0) is 9.53 Å². The van der Waals surface area contributed by atoms with Crippen molar-refractivity contribution in [2.45, 2.75) is 89.1 Å². The van der Waals surface area contributed by atoms with E-state index < -0.39 is 30.3 Å². The molecule has 6 nitrogen and oxygen atoms in total. The Hall–Kier alpha value is -1.21. The van der Waals surface area contributed by atoms with Gasteiger partial charge in [-0.2, -0.15) is 0 Å². The van der Waals surface area contributed by atoms with Gasteiger partial charge in [0, 0.05) is 12.3 Å². The van der Waals surface area contributed by atoms with Crippen molar-refractivity contribution < 1.29 is 30.0 Å². The van der Waals surface area contributed by atoms with Crippen LogP contribution >= 0.6 is 0 Å². The third kappa shape index (κ3) is 8.13. The van der Waals surface area contributed by atoms with Crippen molar-refractivity contribution in [3.05, 3.63) is 23.8 Å². The number of allylic oxidation sites excluding steroid dienone is 1. The average molecular weight is 385 g/mol. The topological polar surface area (TPSA) is 107 Å². The summed E-state index contributed by atoms with van der Waals surface area (Å²) in [6.45, 7) is 2.10. The summed E-state index contributed by atoms with van der Waals surface area (Å²) >= 11 is 0. The molecule has 1 saturated carbocycles. The van der Waals surface area contributed by atoms with E-state index in [1.165, 1.54) is 7.11 Å². The number of unbranched alkanes of at least 4 members (excludes halogenated alkanes) is 5. The number of carbonyl (C=O) groups is 1. The van der Waals surface area contributed by atoms with Gasteiger partial charge in [0.25, 0.3) is 0 Å². The molecule has 0 radical (unpaired) electrons. The van der Waals surface area contributed by atoms with Crippen LogP contribution in [0.2, 0.25) is 0 Å². The van der Waals surface area contributed by atoms with Gasteiger partial charge in [-0.15, -0.1) is 0 Å². The van der Waals surface area contributed by atoms with E-state index in [-0.39, 0.29) is 5.97 Å². The molecule has 0 aromatic rings. The maximum atomic E-state index is 11.1. The quantitative estimate of drug-likeness (QED) is 0.234. The first-order valence-electron chi connectivity index (χ1n) is 10.1. The average Bonchev–Trinajstić information content (AvgIpc) is 2.86. The Kier molecular flexibility index (Phi) is 11.5. The van der Waals surface area contributed by atoms with E-state index in [4.69, 9.17) is 0 Å². The van der Waals surface area contributed by atoms with E-state index in [0.717, 1.165) is 38.5 Å². The predicted molar refractivity (Wildman–Crippen MR) is 104 cm³/mol. The molecule has 0 heterocycles. The Morgan fingerprint density at radius 2 is 1.85 bits per heavy atom. The van der Waals surface area contributed by atoms with Gasteiger partial charge in [-0.25, -0.2) is 0 Å². The highest BCUT2D eigenvalue weighted by molar-refractivity contribution is 5.68. The third-order valence-corrected chi connectivity index (χ3v) is 5.10. The second-order valence-electron chi connectivity index (χ2n) is 7.28. The molecule has 0 aliphatic heterocycles. The fourth-order valence-electron chi connectivity index (χ4n) is 3.38. The molecule has 0 aromatic heterocycles. The van der Waals surface area contributed by atoms with E-state index in [2.05, 4.69) is 11.7 Å². The van der Waals surface area contributed by atoms with Crippen LogP contribution in [0.25, 0.3) is 0 Å². The normalized spacial score (nSPS) is 28.1. The van der Waals surface area contributed by atoms with Gasteiger partial charge in [0.2, 0.25) is 0 Å². The highest BCUT2D eigenvalue weighted by atomic mass is 16.5. The highest BCUT2D eigenvalue weighted by Crippen LogP contribution is 2.34. The van der Waals surface area contributed by atoms with Gasteiger partial charge in [0.05, 0.1) is 19.3 Å². The Morgan fingerprint density at radius 3 is 2.52 bits per heavy atom. The van der Waals surface area contributed by atoms with Crippen LogP contribution in [0, 0.1) is 5.92 Å². The molecule has 0 bridgehead atoms. The van der Waals surface area contributed by atoms with Crippen LogP contribution in [0.4, 0.5) is 0 Å². The molecule has 1 aliphatic rings. The molecule has 0 spiro atoms. The SMILES string of the molecule is CCCCC[C@@H](O)/C=C/[C@@H]1/C(=C\CCCCCC(=O)OC)[C@@H](O)[C@@H](O)[C@H]1O. The zero-order chi connectivity index (χ0) is 20.2. The van der Waals surface area contributed by atoms with Crippen molar-refractivity contribution in [1.29, 1.82) is 0 Å². The van der Waals surface area contributed by atoms with Gasteiger partial charge < -0.3 is 25.2 Å². The Balaban J connectivity index is 2.56. The molecule has 6 heteroatoms. The zero-order valence-corrected chi connectivity index (χ0v) is 16.6. The number of esters is 1. The van der Waals surface area contributed by atoms with Crippen molar-refractivity contribution in [2.24, 2.45) is 5.92 Å². The van der Waals surface area contributed by atoms with Crippen LogP contribution in [0.3, 0.4) is 0 Å². The van der Waals surface area contributed by atoms with Crippen LogP contribution < -0.4 is 0 Å². The Bertz CT molecular complexity index is 487. The summed E-state index contributed by atoms with van der Waals surface area (Å²) < 4.78 is 4.60. The number of rotatable bonds is 12. The van der Waals surface area contributed by atoms with Gasteiger partial charge >= 0.3 is 5.97 Å². The maximum Gasteiger partial charge on any atom is 0.305 e. The van der Waals surface area contributed by atoms with Crippen LogP contribution in [0.1, 0.15) is 64.7 Å². The minimum absolute atomic E-state index is 0.214.